The Labute approximate surface area is 167 Å². The van der Waals surface area contributed by atoms with E-state index in [1.54, 1.807) is 4.52 Å². The largest absolute Gasteiger partial charge is 0.325 e. The van der Waals surface area contributed by atoms with Crippen LogP contribution in [0.3, 0.4) is 0 Å². The van der Waals surface area contributed by atoms with E-state index in [9.17, 15) is 4.79 Å². The van der Waals surface area contributed by atoms with Crippen LogP contribution < -0.4 is 5.32 Å². The number of carbonyl (C=O) groups excluding carboxylic acids is 1. The van der Waals surface area contributed by atoms with Crippen molar-refractivity contribution in [1.82, 2.24) is 19.6 Å². The highest BCUT2D eigenvalue weighted by Crippen LogP contribution is 2.21. The number of hydrogen-bond donors (Lipinski definition) is 1. The quantitative estimate of drug-likeness (QED) is 0.520. The van der Waals surface area contributed by atoms with E-state index in [0.717, 1.165) is 28.2 Å². The lowest BCUT2D eigenvalue weighted by atomic mass is 10.1. The molecule has 7 heteroatoms. The first-order valence-corrected chi connectivity index (χ1v) is 9.86. The fraction of sp³-hybridized carbons (Fsp3) is 0.143. The molecule has 0 aliphatic rings. The second-order valence-electron chi connectivity index (χ2n) is 6.43. The summed E-state index contributed by atoms with van der Waals surface area (Å²) in [6.07, 6.45) is 0. The average Bonchev–Trinajstić information content (AvgIpc) is 3.11. The summed E-state index contributed by atoms with van der Waals surface area (Å²) >= 11 is 1.29. The van der Waals surface area contributed by atoms with Crippen LogP contribution in [-0.4, -0.2) is 31.2 Å². The molecule has 0 unspecified atom stereocenters. The summed E-state index contributed by atoms with van der Waals surface area (Å²) in [4.78, 5) is 21.0. The highest BCUT2D eigenvalue weighted by molar-refractivity contribution is 7.99. The lowest BCUT2D eigenvalue weighted by Crippen LogP contribution is -2.14. The number of anilines is 1. The minimum Gasteiger partial charge on any atom is -0.325 e. The Kier molecular flexibility index (Phi) is 5.08. The predicted octanol–water partition coefficient (Wildman–Crippen LogP) is 4.14. The van der Waals surface area contributed by atoms with E-state index in [-0.39, 0.29) is 11.7 Å². The number of aromatic nitrogens is 4. The van der Waals surface area contributed by atoms with Crippen LogP contribution in [0, 0.1) is 13.8 Å². The molecule has 0 atom stereocenters. The van der Waals surface area contributed by atoms with Crippen molar-refractivity contribution in [2.45, 2.75) is 19.0 Å². The van der Waals surface area contributed by atoms with Crippen LogP contribution in [-0.2, 0) is 4.79 Å². The minimum absolute atomic E-state index is 0.0998. The number of hydrogen-bond acceptors (Lipinski definition) is 5. The molecule has 1 N–H and O–H groups in total. The van der Waals surface area contributed by atoms with Crippen molar-refractivity contribution in [2.75, 3.05) is 11.1 Å². The minimum atomic E-state index is -0.0998. The van der Waals surface area contributed by atoms with Crippen molar-refractivity contribution in [3.8, 4) is 11.1 Å². The number of aryl methyl sites for hydroxylation is 2. The van der Waals surface area contributed by atoms with Crippen molar-refractivity contribution in [1.29, 1.82) is 0 Å². The Bertz CT molecular complexity index is 1120. The Balaban J connectivity index is 1.37. The van der Waals surface area contributed by atoms with Gasteiger partial charge in [0.05, 0.1) is 5.75 Å². The second-order valence-corrected chi connectivity index (χ2v) is 7.37. The first-order valence-electron chi connectivity index (χ1n) is 8.88. The third-order valence-corrected chi connectivity index (χ3v) is 5.04. The van der Waals surface area contributed by atoms with Crippen molar-refractivity contribution in [3.05, 3.63) is 72.1 Å². The number of nitrogens with one attached hydrogen (secondary N) is 1. The molecular formula is C21H19N5OS. The van der Waals surface area contributed by atoms with Crippen LogP contribution in [0.5, 0.6) is 0 Å². The van der Waals surface area contributed by atoms with E-state index >= 15 is 0 Å². The summed E-state index contributed by atoms with van der Waals surface area (Å²) in [5, 5.41) is 7.85. The van der Waals surface area contributed by atoms with Gasteiger partial charge in [-0.05, 0) is 43.2 Å². The van der Waals surface area contributed by atoms with Gasteiger partial charge in [-0.25, -0.2) is 9.50 Å². The first-order chi connectivity index (χ1) is 13.6. The molecular weight excluding hydrogens is 370 g/mol. The molecule has 4 rings (SSSR count). The molecule has 2 aromatic carbocycles. The molecule has 0 aliphatic carbocycles. The van der Waals surface area contributed by atoms with Crippen molar-refractivity contribution >= 4 is 29.1 Å². The Morgan fingerprint density at radius 3 is 2.46 bits per heavy atom. The number of amides is 1. The molecule has 0 saturated heterocycles. The fourth-order valence-corrected chi connectivity index (χ4v) is 3.53. The van der Waals surface area contributed by atoms with Gasteiger partial charge in [0, 0.05) is 17.1 Å². The topological polar surface area (TPSA) is 72.2 Å². The second kappa shape index (κ2) is 7.82. The maximum Gasteiger partial charge on any atom is 0.253 e. The number of nitrogens with zero attached hydrogens (tertiary/aromatic N) is 4. The average molecular weight is 389 g/mol. The zero-order valence-corrected chi connectivity index (χ0v) is 16.4. The SMILES string of the molecule is Cc1cc(C)n2nc(SCC(=O)Nc3ccc(-c4ccccc4)cc3)nc2n1. The van der Waals surface area contributed by atoms with Gasteiger partial charge >= 0.3 is 0 Å². The van der Waals surface area contributed by atoms with Crippen LogP contribution in [0.25, 0.3) is 16.9 Å². The van der Waals surface area contributed by atoms with Gasteiger partial charge < -0.3 is 5.32 Å². The van der Waals surface area contributed by atoms with E-state index in [4.69, 9.17) is 0 Å². The van der Waals surface area contributed by atoms with Crippen molar-refractivity contribution in [3.63, 3.8) is 0 Å². The monoisotopic (exact) mass is 389 g/mol. The molecule has 2 aromatic heterocycles. The number of rotatable bonds is 5. The standard InChI is InChI=1S/C21H19N5OS/c1-14-12-15(2)26-20(22-14)24-21(25-26)28-13-19(27)23-18-10-8-17(9-11-18)16-6-4-3-5-7-16/h3-12H,13H2,1-2H3,(H,23,27). The highest BCUT2D eigenvalue weighted by atomic mass is 32.2. The summed E-state index contributed by atoms with van der Waals surface area (Å²) in [6, 6.07) is 19.9. The molecule has 2 heterocycles. The van der Waals surface area contributed by atoms with Crippen LogP contribution in [0.2, 0.25) is 0 Å². The van der Waals surface area contributed by atoms with Gasteiger partial charge in [0.2, 0.25) is 11.1 Å². The van der Waals surface area contributed by atoms with E-state index in [0.29, 0.717) is 10.9 Å². The summed E-state index contributed by atoms with van der Waals surface area (Å²) in [6.45, 7) is 3.88. The summed E-state index contributed by atoms with van der Waals surface area (Å²) in [5.41, 5.74) is 4.88. The molecule has 0 radical (unpaired) electrons. The van der Waals surface area contributed by atoms with Gasteiger partial charge in [-0.15, -0.1) is 5.10 Å². The molecule has 0 saturated carbocycles. The summed E-state index contributed by atoms with van der Waals surface area (Å²) in [7, 11) is 0. The number of carbonyl (C=O) groups is 1. The van der Waals surface area contributed by atoms with E-state index in [1.165, 1.54) is 11.8 Å². The lowest BCUT2D eigenvalue weighted by Gasteiger charge is -2.06. The van der Waals surface area contributed by atoms with Gasteiger partial charge in [-0.2, -0.15) is 4.98 Å². The van der Waals surface area contributed by atoms with Crippen LogP contribution in [0.4, 0.5) is 5.69 Å². The third-order valence-electron chi connectivity index (χ3n) is 4.21. The number of fused-ring (bicyclic) bond motifs is 1. The fourth-order valence-electron chi connectivity index (χ4n) is 2.91. The van der Waals surface area contributed by atoms with Crippen LogP contribution in [0.1, 0.15) is 11.4 Å². The third kappa shape index (κ3) is 4.04. The van der Waals surface area contributed by atoms with Gasteiger partial charge in [0.25, 0.3) is 5.78 Å². The zero-order chi connectivity index (χ0) is 19.5. The van der Waals surface area contributed by atoms with Gasteiger partial charge in [0.1, 0.15) is 0 Å². The van der Waals surface area contributed by atoms with Crippen molar-refractivity contribution in [2.24, 2.45) is 0 Å². The van der Waals surface area contributed by atoms with Gasteiger partial charge in [0.15, 0.2) is 0 Å². The maximum atomic E-state index is 12.3. The predicted molar refractivity (Wildman–Crippen MR) is 111 cm³/mol. The van der Waals surface area contributed by atoms with E-state index in [2.05, 4.69) is 32.5 Å². The van der Waals surface area contributed by atoms with Crippen LogP contribution >= 0.6 is 11.8 Å². The Hall–Kier alpha value is -3.19. The normalized spacial score (nSPS) is 10.9. The molecule has 28 heavy (non-hydrogen) atoms. The van der Waals surface area contributed by atoms with Gasteiger partial charge in [-0.1, -0.05) is 54.2 Å². The molecule has 6 nitrogen and oxygen atoms in total. The molecule has 4 aromatic rings. The smallest absolute Gasteiger partial charge is 0.253 e. The molecule has 140 valence electrons. The Morgan fingerprint density at radius 2 is 1.71 bits per heavy atom. The van der Waals surface area contributed by atoms with Crippen molar-refractivity contribution < 1.29 is 4.79 Å². The van der Waals surface area contributed by atoms with E-state index < -0.39 is 0 Å². The highest BCUT2D eigenvalue weighted by Gasteiger charge is 2.11. The first kappa shape index (κ1) is 18.2. The van der Waals surface area contributed by atoms with Crippen LogP contribution in [0.15, 0.2) is 65.8 Å². The molecule has 0 aliphatic heterocycles. The van der Waals surface area contributed by atoms with Gasteiger partial charge in [-0.3, -0.25) is 4.79 Å². The molecule has 0 bridgehead atoms. The maximum absolute atomic E-state index is 12.3. The molecule has 1 amide bonds. The Morgan fingerprint density at radius 1 is 1.00 bits per heavy atom. The van der Waals surface area contributed by atoms with E-state index in [1.807, 2.05) is 62.4 Å². The lowest BCUT2D eigenvalue weighted by molar-refractivity contribution is -0.113. The summed E-state index contributed by atoms with van der Waals surface area (Å²) in [5.74, 6) is 0.684. The molecule has 0 fully saturated rings. The number of benzene rings is 2. The zero-order valence-electron chi connectivity index (χ0n) is 15.6. The molecule has 0 spiro atoms. The number of thioether (sulfide) groups is 1. The summed E-state index contributed by atoms with van der Waals surface area (Å²) < 4.78 is 1.69.